The van der Waals surface area contributed by atoms with Crippen molar-refractivity contribution in [3.63, 3.8) is 0 Å². The van der Waals surface area contributed by atoms with Gasteiger partial charge in [-0.25, -0.2) is 4.79 Å². The molecule has 0 unspecified atom stereocenters. The molecule has 0 aromatic carbocycles. The summed E-state index contributed by atoms with van der Waals surface area (Å²) in [7, 11) is 0. The van der Waals surface area contributed by atoms with Gasteiger partial charge in [-0.1, -0.05) is 13.3 Å². The molecular formula is C14H22O4S. The zero-order valence-electron chi connectivity index (χ0n) is 11.8. The molecule has 0 aromatic rings. The monoisotopic (exact) mass is 286 g/mol. The van der Waals surface area contributed by atoms with Gasteiger partial charge in [-0.3, -0.25) is 0 Å². The van der Waals surface area contributed by atoms with E-state index in [4.69, 9.17) is 21.7 Å². The zero-order chi connectivity index (χ0) is 14.7. The van der Waals surface area contributed by atoms with Crippen LogP contribution >= 0.6 is 12.2 Å². The number of hydrogen-bond donors (Lipinski definition) is 1. The van der Waals surface area contributed by atoms with E-state index in [0.717, 1.165) is 12.8 Å². The Bertz CT molecular complexity index is 358. The van der Waals surface area contributed by atoms with Crippen molar-refractivity contribution in [2.45, 2.75) is 40.0 Å². The normalized spacial score (nSPS) is 12.2. The summed E-state index contributed by atoms with van der Waals surface area (Å²) in [5.74, 6) is -0.516. The van der Waals surface area contributed by atoms with E-state index in [-0.39, 0.29) is 16.8 Å². The number of unbranched alkanes of at least 4 members (excludes halogenated alkanes) is 1. The van der Waals surface area contributed by atoms with Gasteiger partial charge in [0.15, 0.2) is 5.76 Å². The number of thiocarbonyl (C=S) groups is 1. The summed E-state index contributed by atoms with van der Waals surface area (Å²) in [5, 5.41) is 9.66. The third-order valence-corrected chi connectivity index (χ3v) is 2.59. The van der Waals surface area contributed by atoms with Gasteiger partial charge in [0.1, 0.15) is 0 Å². The van der Waals surface area contributed by atoms with E-state index in [9.17, 15) is 9.90 Å². The van der Waals surface area contributed by atoms with Gasteiger partial charge in [0.05, 0.1) is 13.2 Å². The second-order valence-corrected chi connectivity index (χ2v) is 4.16. The molecule has 0 amide bonds. The van der Waals surface area contributed by atoms with Gasteiger partial charge in [0, 0.05) is 5.57 Å². The molecule has 0 rings (SSSR count). The number of hydrogen-bond acceptors (Lipinski definition) is 5. The summed E-state index contributed by atoms with van der Waals surface area (Å²) in [6.07, 6.45) is 5.38. The van der Waals surface area contributed by atoms with Crippen LogP contribution in [0.4, 0.5) is 0 Å². The van der Waals surface area contributed by atoms with Gasteiger partial charge in [0.2, 0.25) is 5.05 Å². The Morgan fingerprint density at radius 3 is 2.32 bits per heavy atom. The molecule has 0 spiro atoms. The van der Waals surface area contributed by atoms with Gasteiger partial charge in [0.25, 0.3) is 0 Å². The van der Waals surface area contributed by atoms with Gasteiger partial charge in [-0.05, 0) is 51.1 Å². The number of ether oxygens (including phenoxy) is 2. The van der Waals surface area contributed by atoms with Crippen molar-refractivity contribution in [2.75, 3.05) is 13.2 Å². The standard InChI is InChI=1S/C14H22O4S/c1-4-7-8-11(13(16)17-5-2)9-10-12(15)14(19)18-6-3/h9-10,15H,4-8H2,1-3H3. The Labute approximate surface area is 120 Å². The van der Waals surface area contributed by atoms with Crippen LogP contribution in [-0.4, -0.2) is 29.3 Å². The molecule has 4 nitrogen and oxygen atoms in total. The van der Waals surface area contributed by atoms with Crippen LogP contribution in [0.1, 0.15) is 40.0 Å². The highest BCUT2D eigenvalue weighted by Crippen LogP contribution is 2.11. The summed E-state index contributed by atoms with van der Waals surface area (Å²) in [5.41, 5.74) is 0.523. The van der Waals surface area contributed by atoms with Crippen molar-refractivity contribution in [3.05, 3.63) is 23.5 Å². The fourth-order valence-corrected chi connectivity index (χ4v) is 1.48. The molecule has 1 N–H and O–H groups in total. The highest BCUT2D eigenvalue weighted by Gasteiger charge is 2.09. The van der Waals surface area contributed by atoms with E-state index >= 15 is 0 Å². The quantitative estimate of drug-likeness (QED) is 0.243. The lowest BCUT2D eigenvalue weighted by atomic mass is 10.1. The van der Waals surface area contributed by atoms with Crippen LogP contribution in [0.2, 0.25) is 0 Å². The van der Waals surface area contributed by atoms with E-state index < -0.39 is 0 Å². The van der Waals surface area contributed by atoms with Gasteiger partial charge in [-0.15, -0.1) is 0 Å². The first-order valence-electron chi connectivity index (χ1n) is 6.50. The second-order valence-electron chi connectivity index (χ2n) is 3.79. The summed E-state index contributed by atoms with van der Waals surface area (Å²) in [6, 6.07) is 0. The molecule has 0 fully saturated rings. The van der Waals surface area contributed by atoms with Gasteiger partial charge in [-0.2, -0.15) is 0 Å². The molecule has 0 saturated heterocycles. The maximum absolute atomic E-state index is 11.7. The number of aliphatic hydroxyl groups excluding tert-OH is 1. The minimum Gasteiger partial charge on any atom is -0.504 e. The summed E-state index contributed by atoms with van der Waals surface area (Å²) < 4.78 is 9.95. The molecule has 5 heteroatoms. The molecule has 108 valence electrons. The molecule has 0 aliphatic carbocycles. The molecule has 0 bridgehead atoms. The lowest BCUT2D eigenvalue weighted by Gasteiger charge is -2.06. The van der Waals surface area contributed by atoms with Crippen molar-refractivity contribution >= 4 is 23.2 Å². The molecule has 0 aromatic heterocycles. The first-order valence-corrected chi connectivity index (χ1v) is 6.91. The molecule has 0 aliphatic heterocycles. The maximum Gasteiger partial charge on any atom is 0.333 e. The Hall–Kier alpha value is -1.36. The average molecular weight is 286 g/mol. The van der Waals surface area contributed by atoms with Crippen molar-refractivity contribution in [1.82, 2.24) is 0 Å². The fourth-order valence-electron chi connectivity index (χ4n) is 1.30. The number of allylic oxidation sites excluding steroid dienone is 2. The maximum atomic E-state index is 11.7. The van der Waals surface area contributed by atoms with E-state index in [1.54, 1.807) is 13.8 Å². The van der Waals surface area contributed by atoms with Crippen molar-refractivity contribution in [2.24, 2.45) is 0 Å². The molecule has 0 aliphatic rings. The van der Waals surface area contributed by atoms with Crippen LogP contribution in [-0.2, 0) is 14.3 Å². The molecule has 0 atom stereocenters. The third kappa shape index (κ3) is 7.62. The highest BCUT2D eigenvalue weighted by atomic mass is 32.1. The molecule has 0 radical (unpaired) electrons. The van der Waals surface area contributed by atoms with E-state index in [0.29, 0.717) is 25.2 Å². The van der Waals surface area contributed by atoms with Crippen LogP contribution in [0.3, 0.4) is 0 Å². The first kappa shape index (κ1) is 17.6. The lowest BCUT2D eigenvalue weighted by Crippen LogP contribution is -2.08. The Morgan fingerprint density at radius 2 is 1.79 bits per heavy atom. The third-order valence-electron chi connectivity index (χ3n) is 2.26. The van der Waals surface area contributed by atoms with E-state index in [1.165, 1.54) is 12.2 Å². The number of rotatable bonds is 8. The molecule has 0 heterocycles. The number of esters is 1. The largest absolute Gasteiger partial charge is 0.504 e. The predicted molar refractivity (Wildman–Crippen MR) is 79.2 cm³/mol. The van der Waals surface area contributed by atoms with Gasteiger partial charge >= 0.3 is 5.97 Å². The topological polar surface area (TPSA) is 55.8 Å². The fraction of sp³-hybridized carbons (Fsp3) is 0.571. The molecule has 0 saturated carbocycles. The zero-order valence-corrected chi connectivity index (χ0v) is 12.6. The number of carbonyl (C=O) groups excluding carboxylic acids is 1. The van der Waals surface area contributed by atoms with Gasteiger partial charge < -0.3 is 14.6 Å². The SMILES string of the molecule is CCCCC(=CC=C(O)C(=S)OCC)C(=O)OCC. The summed E-state index contributed by atoms with van der Waals surface area (Å²) in [4.78, 5) is 11.7. The number of aliphatic hydroxyl groups is 1. The predicted octanol–water partition coefficient (Wildman–Crippen LogP) is 3.47. The molecule has 19 heavy (non-hydrogen) atoms. The van der Waals surface area contributed by atoms with Crippen molar-refractivity contribution < 1.29 is 19.4 Å². The first-order chi connectivity index (χ1) is 9.06. The minimum absolute atomic E-state index is 0.0254. The Balaban J connectivity index is 4.83. The minimum atomic E-state index is -0.359. The van der Waals surface area contributed by atoms with Crippen LogP contribution in [0.25, 0.3) is 0 Å². The van der Waals surface area contributed by atoms with E-state index in [2.05, 4.69) is 0 Å². The summed E-state index contributed by atoms with van der Waals surface area (Å²) in [6.45, 7) is 6.30. The smallest absolute Gasteiger partial charge is 0.333 e. The lowest BCUT2D eigenvalue weighted by molar-refractivity contribution is -0.138. The van der Waals surface area contributed by atoms with Crippen LogP contribution in [0, 0.1) is 0 Å². The molecular weight excluding hydrogens is 264 g/mol. The second kappa shape index (κ2) is 10.6. The van der Waals surface area contributed by atoms with Crippen LogP contribution < -0.4 is 0 Å². The van der Waals surface area contributed by atoms with E-state index in [1.807, 2.05) is 6.92 Å². The summed E-state index contributed by atoms with van der Waals surface area (Å²) >= 11 is 4.85. The van der Waals surface area contributed by atoms with Crippen molar-refractivity contribution in [3.8, 4) is 0 Å². The Morgan fingerprint density at radius 1 is 1.16 bits per heavy atom. The Kier molecular flexibility index (Phi) is 9.80. The number of carbonyl (C=O) groups is 1. The highest BCUT2D eigenvalue weighted by molar-refractivity contribution is 7.80. The van der Waals surface area contributed by atoms with Crippen LogP contribution in [0.5, 0.6) is 0 Å². The van der Waals surface area contributed by atoms with Crippen molar-refractivity contribution in [1.29, 1.82) is 0 Å². The average Bonchev–Trinajstić information content (AvgIpc) is 2.39. The van der Waals surface area contributed by atoms with Crippen LogP contribution in [0.15, 0.2) is 23.5 Å².